The highest BCUT2D eigenvalue weighted by Gasteiger charge is 2.71. The Labute approximate surface area is 192 Å². The zero-order valence-electron chi connectivity index (χ0n) is 16.4. The van der Waals surface area contributed by atoms with Crippen LogP contribution in [0.1, 0.15) is 58.8 Å². The van der Waals surface area contributed by atoms with E-state index >= 15 is 0 Å². The lowest BCUT2D eigenvalue weighted by Crippen LogP contribution is -2.65. The molecule has 2 N–H and O–H groups in total. The molecule has 0 spiro atoms. The molecule has 4 aliphatic rings. The van der Waals surface area contributed by atoms with Crippen molar-refractivity contribution in [2.45, 2.75) is 78.4 Å². The number of Topliss-reactive ketones (excluding diaryl/α,β-unsaturated/α-hetero) is 2. The summed E-state index contributed by atoms with van der Waals surface area (Å²) in [7, 11) is 0. The fraction of sp³-hybridized carbons (Fsp3) is 0.905. The zero-order chi connectivity index (χ0) is 20.7. The van der Waals surface area contributed by atoms with Gasteiger partial charge < -0.3 is 10.2 Å². The molecule has 0 aromatic rings. The van der Waals surface area contributed by atoms with Gasteiger partial charge in [-0.3, -0.25) is 9.59 Å². The van der Waals surface area contributed by atoms with E-state index in [1.165, 1.54) is 0 Å². The number of ketones is 2. The van der Waals surface area contributed by atoms with Crippen molar-refractivity contribution in [3.8, 4) is 0 Å². The highest BCUT2D eigenvalue weighted by Crippen LogP contribution is 2.71. The number of carbonyl (C=O) groups excluding carboxylic acids is 2. The van der Waals surface area contributed by atoms with Crippen molar-refractivity contribution in [2.24, 2.45) is 28.6 Å². The molecule has 0 bridgehead atoms. The van der Waals surface area contributed by atoms with Crippen molar-refractivity contribution in [3.05, 3.63) is 0 Å². The molecule has 158 valence electrons. The molecule has 28 heavy (non-hydrogen) atoms. The third kappa shape index (κ3) is 2.46. The summed E-state index contributed by atoms with van der Waals surface area (Å²) in [6, 6.07) is 0. The van der Waals surface area contributed by atoms with Crippen LogP contribution < -0.4 is 0 Å². The normalized spacial score (nSPS) is 56.0. The molecule has 4 saturated carbocycles. The van der Waals surface area contributed by atoms with Crippen LogP contribution in [0.5, 0.6) is 0 Å². The van der Waals surface area contributed by atoms with E-state index in [1.807, 2.05) is 0 Å². The van der Waals surface area contributed by atoms with Gasteiger partial charge in [0, 0.05) is 11.8 Å². The summed E-state index contributed by atoms with van der Waals surface area (Å²) in [6.07, 6.45) is 5.86. The molecule has 0 saturated heterocycles. The number of alkyl halides is 3. The van der Waals surface area contributed by atoms with Gasteiger partial charge in [-0.15, -0.1) is 0 Å². The predicted molar refractivity (Wildman–Crippen MR) is 118 cm³/mol. The van der Waals surface area contributed by atoms with Crippen LogP contribution in [0.3, 0.4) is 0 Å². The minimum Gasteiger partial charge on any atom is -0.388 e. The molecule has 0 heterocycles. The van der Waals surface area contributed by atoms with Gasteiger partial charge >= 0.3 is 0 Å². The minimum atomic E-state index is -1.51. The lowest BCUT2D eigenvalue weighted by atomic mass is 9.44. The number of hydrogen-bond donors (Lipinski definition) is 2. The van der Waals surface area contributed by atoms with Crippen LogP contribution in [-0.2, 0) is 9.59 Å². The molecule has 4 nitrogen and oxygen atoms in total. The molecule has 4 aliphatic carbocycles. The van der Waals surface area contributed by atoms with E-state index in [9.17, 15) is 19.8 Å². The van der Waals surface area contributed by atoms with Gasteiger partial charge in [-0.25, -0.2) is 0 Å². The molecule has 9 atom stereocenters. The monoisotopic (exact) mass is 582 g/mol. The molecule has 4 fully saturated rings. The summed E-state index contributed by atoms with van der Waals surface area (Å²) < 4.78 is -0.228. The van der Waals surface area contributed by atoms with Gasteiger partial charge in [0.25, 0.3) is 0 Å². The summed E-state index contributed by atoms with van der Waals surface area (Å²) in [5, 5.41) is 21.0. The van der Waals surface area contributed by atoms with Crippen molar-refractivity contribution < 1.29 is 19.8 Å². The van der Waals surface area contributed by atoms with Gasteiger partial charge in [-0.2, -0.15) is 0 Å². The standard InChI is InChI=1S/C21H29Br3O4/c1-18-7-5-14(26)17(23)20(18,24)8-3-11-12(18)4-6-19(2)13(11)9-15(22)21(19,28)16(27)10-25/h11-13,15,17,25,28H,3-10H2,1-2H3/t11-,12+,13+,15+,17+,18-,19+,20+,21+/m1/s1. The first-order valence-corrected chi connectivity index (χ1v) is 13.0. The number of halogens is 3. The Balaban J connectivity index is 1.72. The molecule has 0 unspecified atom stereocenters. The van der Waals surface area contributed by atoms with Gasteiger partial charge in [-0.1, -0.05) is 61.6 Å². The summed E-state index contributed by atoms with van der Waals surface area (Å²) in [5.41, 5.74) is -2.03. The van der Waals surface area contributed by atoms with E-state index in [-0.39, 0.29) is 31.1 Å². The lowest BCUT2D eigenvalue weighted by molar-refractivity contribution is -0.168. The number of carbonyl (C=O) groups is 2. The summed E-state index contributed by atoms with van der Waals surface area (Å²) in [6.45, 7) is 3.77. The molecule has 0 amide bonds. The first-order chi connectivity index (χ1) is 13.0. The number of aliphatic hydroxyl groups excluding tert-OH is 1. The number of aliphatic hydroxyl groups is 2. The van der Waals surface area contributed by atoms with Gasteiger partial charge in [-0.05, 0) is 61.7 Å². The zero-order valence-corrected chi connectivity index (χ0v) is 21.1. The van der Waals surface area contributed by atoms with Gasteiger partial charge in [0.2, 0.25) is 0 Å². The Morgan fingerprint density at radius 1 is 1.11 bits per heavy atom. The third-order valence-corrected chi connectivity index (χ3v) is 14.1. The maximum atomic E-state index is 12.6. The van der Waals surface area contributed by atoms with Crippen molar-refractivity contribution in [1.29, 1.82) is 0 Å². The summed E-state index contributed by atoms with van der Waals surface area (Å²) in [4.78, 5) is 24.6. The van der Waals surface area contributed by atoms with Crippen LogP contribution >= 0.6 is 47.8 Å². The summed E-state index contributed by atoms with van der Waals surface area (Å²) >= 11 is 11.4. The number of hydrogen-bond acceptors (Lipinski definition) is 4. The Bertz CT molecular complexity index is 716. The van der Waals surface area contributed by atoms with Crippen LogP contribution in [0.15, 0.2) is 0 Å². The minimum absolute atomic E-state index is 0.00280. The van der Waals surface area contributed by atoms with E-state index in [0.29, 0.717) is 18.3 Å². The van der Waals surface area contributed by atoms with E-state index in [4.69, 9.17) is 0 Å². The highest BCUT2D eigenvalue weighted by atomic mass is 79.9. The van der Waals surface area contributed by atoms with E-state index in [0.717, 1.165) is 38.5 Å². The SMILES string of the molecule is C[C@]12CC[C@H]3[C@@H](CC[C@]4(Br)[C@@H](Br)C(=O)CC[C@]34C)[C@@H]1C[C@H](Br)[C@]2(O)C(=O)CO. The van der Waals surface area contributed by atoms with E-state index in [1.54, 1.807) is 0 Å². The molecule has 0 radical (unpaired) electrons. The maximum Gasteiger partial charge on any atom is 0.191 e. The second kappa shape index (κ2) is 6.85. The van der Waals surface area contributed by atoms with Gasteiger partial charge in [0.05, 0.1) is 14.0 Å². The Morgan fingerprint density at radius 2 is 1.79 bits per heavy atom. The molecular formula is C21H29Br3O4. The predicted octanol–water partition coefficient (Wildman–Crippen LogP) is 4.16. The van der Waals surface area contributed by atoms with Crippen LogP contribution in [0.25, 0.3) is 0 Å². The molecule has 0 aliphatic heterocycles. The summed E-state index contributed by atoms with van der Waals surface area (Å²) in [5.74, 6) is 0.939. The van der Waals surface area contributed by atoms with Crippen LogP contribution in [0, 0.1) is 28.6 Å². The molecule has 0 aromatic carbocycles. The van der Waals surface area contributed by atoms with Crippen LogP contribution in [0.2, 0.25) is 0 Å². The fourth-order valence-electron chi connectivity index (χ4n) is 7.62. The average molecular weight is 585 g/mol. The lowest BCUT2D eigenvalue weighted by Gasteiger charge is -2.64. The topological polar surface area (TPSA) is 74.6 Å². The smallest absolute Gasteiger partial charge is 0.191 e. The third-order valence-electron chi connectivity index (χ3n) is 9.36. The first-order valence-electron chi connectivity index (χ1n) is 10.3. The Hall–Kier alpha value is 0.700. The fourth-order valence-corrected chi connectivity index (χ4v) is 10.8. The number of rotatable bonds is 2. The maximum absolute atomic E-state index is 12.6. The Kier molecular flexibility index (Phi) is 5.36. The van der Waals surface area contributed by atoms with Crippen molar-refractivity contribution in [2.75, 3.05) is 6.61 Å². The molecule has 7 heteroatoms. The molecular weight excluding hydrogens is 556 g/mol. The quantitative estimate of drug-likeness (QED) is 0.478. The molecule has 4 rings (SSSR count). The van der Waals surface area contributed by atoms with E-state index < -0.39 is 23.4 Å². The van der Waals surface area contributed by atoms with E-state index in [2.05, 4.69) is 61.6 Å². The van der Waals surface area contributed by atoms with Gasteiger partial charge in [0.15, 0.2) is 5.78 Å². The highest BCUT2D eigenvalue weighted by molar-refractivity contribution is 9.12. The Morgan fingerprint density at radius 3 is 2.43 bits per heavy atom. The van der Waals surface area contributed by atoms with Gasteiger partial charge in [0.1, 0.15) is 18.0 Å². The van der Waals surface area contributed by atoms with Crippen LogP contribution in [0.4, 0.5) is 0 Å². The number of fused-ring (bicyclic) bond motifs is 5. The molecule has 0 aromatic heterocycles. The average Bonchev–Trinajstić information content (AvgIpc) is 2.88. The van der Waals surface area contributed by atoms with Crippen molar-refractivity contribution >= 4 is 59.4 Å². The second-order valence-corrected chi connectivity index (χ2v) is 13.5. The first kappa shape index (κ1) is 21.9. The van der Waals surface area contributed by atoms with Crippen LogP contribution in [-0.4, -0.2) is 48.0 Å². The second-order valence-electron chi connectivity index (χ2n) is 10.0. The van der Waals surface area contributed by atoms with Crippen molar-refractivity contribution in [3.63, 3.8) is 0 Å². The largest absolute Gasteiger partial charge is 0.388 e. The van der Waals surface area contributed by atoms with Crippen molar-refractivity contribution in [1.82, 2.24) is 0 Å².